The molecule has 0 aliphatic carbocycles. The Labute approximate surface area is 148 Å². The molecule has 2 N–H and O–H groups in total. The molecule has 1 heterocycles. The Morgan fingerprint density at radius 3 is 2.60 bits per heavy atom. The molecule has 2 aromatic rings. The molecule has 0 spiro atoms. The van der Waals surface area contributed by atoms with Crippen molar-refractivity contribution >= 4 is 17.5 Å². The molecule has 25 heavy (non-hydrogen) atoms. The van der Waals surface area contributed by atoms with Gasteiger partial charge in [-0.2, -0.15) is 0 Å². The zero-order valence-corrected chi connectivity index (χ0v) is 14.7. The summed E-state index contributed by atoms with van der Waals surface area (Å²) in [6, 6.07) is 15.6. The Hall–Kier alpha value is -2.62. The number of benzene rings is 2. The first-order valence-electron chi connectivity index (χ1n) is 8.81. The van der Waals surface area contributed by atoms with Crippen LogP contribution < -0.4 is 10.6 Å². The van der Waals surface area contributed by atoms with E-state index in [4.69, 9.17) is 0 Å². The highest BCUT2D eigenvalue weighted by Crippen LogP contribution is 2.25. The van der Waals surface area contributed by atoms with Crippen molar-refractivity contribution in [3.63, 3.8) is 0 Å². The molecule has 0 saturated heterocycles. The summed E-state index contributed by atoms with van der Waals surface area (Å²) in [5, 5.41) is 6.02. The van der Waals surface area contributed by atoms with Crippen molar-refractivity contribution in [2.24, 2.45) is 5.92 Å². The quantitative estimate of drug-likeness (QED) is 0.864. The third-order valence-corrected chi connectivity index (χ3v) is 4.48. The van der Waals surface area contributed by atoms with E-state index in [1.807, 2.05) is 30.3 Å². The average Bonchev–Trinajstić information content (AvgIpc) is 2.61. The van der Waals surface area contributed by atoms with E-state index in [-0.39, 0.29) is 17.9 Å². The second kappa shape index (κ2) is 7.51. The van der Waals surface area contributed by atoms with Gasteiger partial charge in [-0.15, -0.1) is 0 Å². The average molecular weight is 336 g/mol. The molecular formula is C21H24N2O2. The maximum absolute atomic E-state index is 12.8. The van der Waals surface area contributed by atoms with Gasteiger partial charge in [-0.1, -0.05) is 44.2 Å². The first kappa shape index (κ1) is 17.2. The Kier molecular flexibility index (Phi) is 5.17. The van der Waals surface area contributed by atoms with Crippen LogP contribution in [0.1, 0.15) is 54.2 Å². The molecule has 0 aromatic heterocycles. The standard InChI is InChI=1S/C21H24N2O2/c1-14(2)12-19(15-6-4-3-5-7-15)23-21(25)17-8-10-18-16(13-17)9-11-20(24)22-18/h3-8,10,13-14,19H,9,11-12H2,1-2H3,(H,22,24)(H,23,25). The van der Waals surface area contributed by atoms with Crippen molar-refractivity contribution in [2.45, 2.75) is 39.2 Å². The molecule has 0 radical (unpaired) electrons. The fraction of sp³-hybridized carbons (Fsp3) is 0.333. The van der Waals surface area contributed by atoms with Gasteiger partial charge in [0.05, 0.1) is 6.04 Å². The normalized spacial score (nSPS) is 14.6. The third-order valence-electron chi connectivity index (χ3n) is 4.48. The minimum Gasteiger partial charge on any atom is -0.345 e. The van der Waals surface area contributed by atoms with Crippen LogP contribution in [0.5, 0.6) is 0 Å². The maximum atomic E-state index is 12.8. The van der Waals surface area contributed by atoms with Gasteiger partial charge in [0.25, 0.3) is 5.91 Å². The number of hydrogen-bond donors (Lipinski definition) is 2. The summed E-state index contributed by atoms with van der Waals surface area (Å²) in [6.45, 7) is 4.31. The van der Waals surface area contributed by atoms with Crippen molar-refractivity contribution < 1.29 is 9.59 Å². The number of nitrogens with one attached hydrogen (secondary N) is 2. The highest BCUT2D eigenvalue weighted by molar-refractivity contribution is 5.98. The molecule has 3 rings (SSSR count). The van der Waals surface area contributed by atoms with Crippen LogP contribution in [0.2, 0.25) is 0 Å². The minimum absolute atomic E-state index is 0.00978. The number of amides is 2. The highest BCUT2D eigenvalue weighted by Gasteiger charge is 2.20. The summed E-state index contributed by atoms with van der Waals surface area (Å²) >= 11 is 0. The second-order valence-corrected chi connectivity index (χ2v) is 6.99. The van der Waals surface area contributed by atoms with Gasteiger partial charge in [-0.3, -0.25) is 9.59 Å². The SMILES string of the molecule is CC(C)CC(NC(=O)c1ccc2c(c1)CCC(=O)N2)c1ccccc1. The number of hydrogen-bond acceptors (Lipinski definition) is 2. The van der Waals surface area contributed by atoms with Crippen LogP contribution in [-0.4, -0.2) is 11.8 Å². The van der Waals surface area contributed by atoms with Crippen LogP contribution in [0.15, 0.2) is 48.5 Å². The Morgan fingerprint density at radius 1 is 1.12 bits per heavy atom. The van der Waals surface area contributed by atoms with Gasteiger partial charge in [0.1, 0.15) is 0 Å². The lowest BCUT2D eigenvalue weighted by Gasteiger charge is -2.22. The molecule has 130 valence electrons. The van der Waals surface area contributed by atoms with Crippen LogP contribution in [0, 0.1) is 5.92 Å². The number of aryl methyl sites for hydroxylation is 1. The molecule has 2 amide bonds. The van der Waals surface area contributed by atoms with Gasteiger partial charge in [-0.25, -0.2) is 0 Å². The van der Waals surface area contributed by atoms with Crippen molar-refractivity contribution in [1.29, 1.82) is 0 Å². The van der Waals surface area contributed by atoms with Gasteiger partial charge >= 0.3 is 0 Å². The molecule has 0 bridgehead atoms. The molecule has 1 unspecified atom stereocenters. The minimum atomic E-state index is -0.0748. The zero-order valence-electron chi connectivity index (χ0n) is 14.7. The van der Waals surface area contributed by atoms with Crippen LogP contribution in [0.25, 0.3) is 0 Å². The van der Waals surface area contributed by atoms with Gasteiger partial charge < -0.3 is 10.6 Å². The van der Waals surface area contributed by atoms with Gasteiger partial charge in [0, 0.05) is 17.7 Å². The molecule has 1 atom stereocenters. The lowest BCUT2D eigenvalue weighted by molar-refractivity contribution is -0.116. The monoisotopic (exact) mass is 336 g/mol. The van der Waals surface area contributed by atoms with Crippen molar-refractivity contribution in [3.05, 3.63) is 65.2 Å². The molecule has 4 heteroatoms. The smallest absolute Gasteiger partial charge is 0.251 e. The van der Waals surface area contributed by atoms with E-state index in [1.165, 1.54) is 0 Å². The fourth-order valence-corrected chi connectivity index (χ4v) is 3.20. The van der Waals surface area contributed by atoms with E-state index >= 15 is 0 Å². The van der Waals surface area contributed by atoms with Crippen molar-refractivity contribution in [2.75, 3.05) is 5.32 Å². The van der Waals surface area contributed by atoms with Gasteiger partial charge in [-0.05, 0) is 48.1 Å². The van der Waals surface area contributed by atoms with Gasteiger partial charge in [0.15, 0.2) is 0 Å². The summed E-state index contributed by atoms with van der Waals surface area (Å²) in [5.74, 6) is 0.434. The Balaban J connectivity index is 1.78. The van der Waals surface area contributed by atoms with Crippen LogP contribution in [0.3, 0.4) is 0 Å². The highest BCUT2D eigenvalue weighted by atomic mass is 16.2. The lowest BCUT2D eigenvalue weighted by atomic mass is 9.96. The molecule has 2 aromatic carbocycles. The maximum Gasteiger partial charge on any atom is 0.251 e. The van der Waals surface area contributed by atoms with E-state index in [1.54, 1.807) is 6.07 Å². The zero-order chi connectivity index (χ0) is 17.8. The predicted octanol–water partition coefficient (Wildman–Crippen LogP) is 4.09. The van der Waals surface area contributed by atoms with Crippen LogP contribution >= 0.6 is 0 Å². The van der Waals surface area contributed by atoms with E-state index < -0.39 is 0 Å². The molecular weight excluding hydrogens is 312 g/mol. The molecule has 4 nitrogen and oxygen atoms in total. The summed E-state index contributed by atoms with van der Waals surface area (Å²) in [5.41, 5.74) is 3.59. The summed E-state index contributed by atoms with van der Waals surface area (Å²) in [4.78, 5) is 24.2. The van der Waals surface area contributed by atoms with E-state index in [0.717, 1.165) is 23.2 Å². The summed E-state index contributed by atoms with van der Waals surface area (Å²) in [7, 11) is 0. The number of anilines is 1. The van der Waals surface area contributed by atoms with Crippen molar-refractivity contribution in [1.82, 2.24) is 5.32 Å². The fourth-order valence-electron chi connectivity index (χ4n) is 3.20. The third kappa shape index (κ3) is 4.27. The number of carbonyl (C=O) groups excluding carboxylic acids is 2. The Bertz CT molecular complexity index is 769. The van der Waals surface area contributed by atoms with E-state index in [9.17, 15) is 9.59 Å². The lowest BCUT2D eigenvalue weighted by Crippen LogP contribution is -2.30. The molecule has 0 saturated carbocycles. The summed E-state index contributed by atoms with van der Waals surface area (Å²) in [6.07, 6.45) is 2.03. The largest absolute Gasteiger partial charge is 0.345 e. The van der Waals surface area contributed by atoms with Crippen LogP contribution in [0.4, 0.5) is 5.69 Å². The Morgan fingerprint density at radius 2 is 1.88 bits per heavy atom. The summed E-state index contributed by atoms with van der Waals surface area (Å²) < 4.78 is 0. The molecule has 1 aliphatic rings. The number of carbonyl (C=O) groups is 2. The predicted molar refractivity (Wildman–Crippen MR) is 99.5 cm³/mol. The number of fused-ring (bicyclic) bond motifs is 1. The van der Waals surface area contributed by atoms with Crippen LogP contribution in [-0.2, 0) is 11.2 Å². The first-order chi connectivity index (χ1) is 12.0. The van der Waals surface area contributed by atoms with Crippen molar-refractivity contribution in [3.8, 4) is 0 Å². The molecule has 0 fully saturated rings. The first-order valence-corrected chi connectivity index (χ1v) is 8.81. The van der Waals surface area contributed by atoms with E-state index in [0.29, 0.717) is 24.3 Å². The molecule has 1 aliphatic heterocycles. The topological polar surface area (TPSA) is 58.2 Å². The van der Waals surface area contributed by atoms with Gasteiger partial charge in [0.2, 0.25) is 5.91 Å². The second-order valence-electron chi connectivity index (χ2n) is 6.99. The number of rotatable bonds is 5. The van der Waals surface area contributed by atoms with E-state index in [2.05, 4.69) is 36.6 Å².